The SMILES string of the molecule is NC1(CCc2cccc3c2CC(=O)N3)CC1. The molecule has 3 rings (SSSR count). The Labute approximate surface area is 95.0 Å². The van der Waals surface area contributed by atoms with Gasteiger partial charge < -0.3 is 11.1 Å². The molecule has 0 radical (unpaired) electrons. The molecule has 1 aromatic rings. The first-order valence-electron chi connectivity index (χ1n) is 5.86. The van der Waals surface area contributed by atoms with E-state index in [-0.39, 0.29) is 11.4 Å². The van der Waals surface area contributed by atoms with Gasteiger partial charge in [-0.05, 0) is 42.9 Å². The average molecular weight is 216 g/mol. The normalized spacial score (nSPS) is 20.4. The minimum Gasteiger partial charge on any atom is -0.326 e. The van der Waals surface area contributed by atoms with Crippen molar-refractivity contribution in [2.75, 3.05) is 5.32 Å². The molecule has 1 aliphatic heterocycles. The Morgan fingerprint density at radius 3 is 2.94 bits per heavy atom. The summed E-state index contributed by atoms with van der Waals surface area (Å²) in [7, 11) is 0. The van der Waals surface area contributed by atoms with Crippen molar-refractivity contribution in [2.24, 2.45) is 5.73 Å². The first-order chi connectivity index (χ1) is 7.66. The highest BCUT2D eigenvalue weighted by molar-refractivity contribution is 5.99. The quantitative estimate of drug-likeness (QED) is 0.806. The van der Waals surface area contributed by atoms with Crippen LogP contribution in [0.1, 0.15) is 30.4 Å². The van der Waals surface area contributed by atoms with E-state index in [1.807, 2.05) is 12.1 Å². The van der Waals surface area contributed by atoms with E-state index in [1.54, 1.807) is 0 Å². The molecule has 0 unspecified atom stereocenters. The number of carbonyl (C=O) groups excluding carboxylic acids is 1. The lowest BCUT2D eigenvalue weighted by atomic mass is 9.98. The summed E-state index contributed by atoms with van der Waals surface area (Å²) in [5.74, 6) is 0.108. The summed E-state index contributed by atoms with van der Waals surface area (Å²) in [6, 6.07) is 6.10. The molecule has 3 heteroatoms. The van der Waals surface area contributed by atoms with Gasteiger partial charge in [0.25, 0.3) is 0 Å². The molecule has 0 spiro atoms. The molecule has 1 fully saturated rings. The second-order valence-corrected chi connectivity index (χ2v) is 5.03. The van der Waals surface area contributed by atoms with Crippen LogP contribution in [0.5, 0.6) is 0 Å². The lowest BCUT2D eigenvalue weighted by molar-refractivity contribution is -0.115. The number of benzene rings is 1. The van der Waals surface area contributed by atoms with Crippen LogP contribution in [-0.4, -0.2) is 11.4 Å². The number of hydrogen-bond acceptors (Lipinski definition) is 2. The van der Waals surface area contributed by atoms with Crippen LogP contribution in [0.25, 0.3) is 0 Å². The van der Waals surface area contributed by atoms with E-state index in [2.05, 4.69) is 11.4 Å². The fourth-order valence-electron chi connectivity index (χ4n) is 2.34. The third kappa shape index (κ3) is 1.71. The Morgan fingerprint density at radius 1 is 1.38 bits per heavy atom. The summed E-state index contributed by atoms with van der Waals surface area (Å²) in [6.45, 7) is 0. The number of carbonyl (C=O) groups is 1. The summed E-state index contributed by atoms with van der Waals surface area (Å²) in [5.41, 5.74) is 9.63. The Morgan fingerprint density at radius 2 is 2.19 bits per heavy atom. The van der Waals surface area contributed by atoms with Crippen LogP contribution in [0.3, 0.4) is 0 Å². The first kappa shape index (κ1) is 9.85. The van der Waals surface area contributed by atoms with Gasteiger partial charge >= 0.3 is 0 Å². The largest absolute Gasteiger partial charge is 0.326 e. The summed E-state index contributed by atoms with van der Waals surface area (Å²) in [5, 5.41) is 2.88. The number of fused-ring (bicyclic) bond motifs is 1. The average Bonchev–Trinajstić information content (AvgIpc) is 2.86. The summed E-state index contributed by atoms with van der Waals surface area (Å²) in [4.78, 5) is 11.3. The highest BCUT2D eigenvalue weighted by atomic mass is 16.1. The van der Waals surface area contributed by atoms with Gasteiger partial charge in [-0.15, -0.1) is 0 Å². The van der Waals surface area contributed by atoms with Crippen LogP contribution in [0, 0.1) is 0 Å². The number of nitrogens with one attached hydrogen (secondary N) is 1. The van der Waals surface area contributed by atoms with Gasteiger partial charge in [0.1, 0.15) is 0 Å². The lowest BCUT2D eigenvalue weighted by Crippen LogP contribution is -2.22. The zero-order chi connectivity index (χ0) is 11.2. The van der Waals surface area contributed by atoms with E-state index in [4.69, 9.17) is 5.73 Å². The molecule has 84 valence electrons. The fourth-order valence-corrected chi connectivity index (χ4v) is 2.34. The Kier molecular flexibility index (Phi) is 2.04. The molecule has 16 heavy (non-hydrogen) atoms. The van der Waals surface area contributed by atoms with Crippen molar-refractivity contribution in [3.63, 3.8) is 0 Å². The van der Waals surface area contributed by atoms with Crippen molar-refractivity contribution in [3.05, 3.63) is 29.3 Å². The maximum atomic E-state index is 11.3. The number of amides is 1. The van der Waals surface area contributed by atoms with E-state index in [9.17, 15) is 4.79 Å². The van der Waals surface area contributed by atoms with Crippen molar-refractivity contribution in [2.45, 2.75) is 37.6 Å². The van der Waals surface area contributed by atoms with Crippen LogP contribution in [0.4, 0.5) is 5.69 Å². The minimum atomic E-state index is 0.0960. The standard InChI is InChI=1S/C13H16N2O/c14-13(6-7-13)5-4-9-2-1-3-11-10(9)8-12(16)15-11/h1-3H,4-8,14H2,(H,15,16). The van der Waals surface area contributed by atoms with Gasteiger partial charge in [0.2, 0.25) is 5.91 Å². The third-order valence-corrected chi connectivity index (χ3v) is 3.67. The van der Waals surface area contributed by atoms with Crippen LogP contribution in [0.15, 0.2) is 18.2 Å². The van der Waals surface area contributed by atoms with Gasteiger partial charge in [0, 0.05) is 11.2 Å². The number of rotatable bonds is 3. The Bertz CT molecular complexity index is 449. The molecule has 2 aliphatic rings. The van der Waals surface area contributed by atoms with Gasteiger partial charge in [-0.25, -0.2) is 0 Å². The first-order valence-corrected chi connectivity index (χ1v) is 5.86. The van der Waals surface area contributed by atoms with Crippen LogP contribution >= 0.6 is 0 Å². The molecular weight excluding hydrogens is 200 g/mol. The molecule has 0 aromatic heterocycles. The molecule has 1 aromatic carbocycles. The Hall–Kier alpha value is -1.35. The van der Waals surface area contributed by atoms with Gasteiger partial charge in [-0.2, -0.15) is 0 Å². The molecule has 0 atom stereocenters. The number of anilines is 1. The van der Waals surface area contributed by atoms with Crippen molar-refractivity contribution >= 4 is 11.6 Å². The van der Waals surface area contributed by atoms with Crippen LogP contribution in [0.2, 0.25) is 0 Å². The van der Waals surface area contributed by atoms with Crippen molar-refractivity contribution in [1.82, 2.24) is 0 Å². The van der Waals surface area contributed by atoms with Crippen molar-refractivity contribution in [3.8, 4) is 0 Å². The van der Waals surface area contributed by atoms with E-state index in [1.165, 1.54) is 11.1 Å². The molecule has 0 saturated heterocycles. The molecule has 3 nitrogen and oxygen atoms in total. The van der Waals surface area contributed by atoms with Crippen LogP contribution in [-0.2, 0) is 17.6 Å². The van der Waals surface area contributed by atoms with E-state index in [0.29, 0.717) is 6.42 Å². The monoisotopic (exact) mass is 216 g/mol. The Balaban J connectivity index is 1.80. The molecule has 1 heterocycles. The fraction of sp³-hybridized carbons (Fsp3) is 0.462. The summed E-state index contributed by atoms with van der Waals surface area (Å²) < 4.78 is 0. The topological polar surface area (TPSA) is 55.1 Å². The zero-order valence-electron chi connectivity index (χ0n) is 9.25. The molecule has 0 bridgehead atoms. The second-order valence-electron chi connectivity index (χ2n) is 5.03. The predicted octanol–water partition coefficient (Wildman–Crippen LogP) is 1.61. The van der Waals surface area contributed by atoms with E-state index < -0.39 is 0 Å². The van der Waals surface area contributed by atoms with Gasteiger partial charge in [-0.1, -0.05) is 12.1 Å². The highest BCUT2D eigenvalue weighted by Crippen LogP contribution is 2.37. The second kappa shape index (κ2) is 3.32. The predicted molar refractivity (Wildman–Crippen MR) is 63.2 cm³/mol. The lowest BCUT2D eigenvalue weighted by Gasteiger charge is -2.10. The molecule has 1 saturated carbocycles. The molecular formula is C13H16N2O. The number of aryl methyl sites for hydroxylation is 1. The summed E-state index contributed by atoms with van der Waals surface area (Å²) in [6.07, 6.45) is 4.87. The van der Waals surface area contributed by atoms with Gasteiger partial charge in [0.15, 0.2) is 0 Å². The molecule has 1 aliphatic carbocycles. The van der Waals surface area contributed by atoms with Gasteiger partial charge in [0.05, 0.1) is 6.42 Å². The van der Waals surface area contributed by atoms with E-state index >= 15 is 0 Å². The maximum Gasteiger partial charge on any atom is 0.228 e. The summed E-state index contributed by atoms with van der Waals surface area (Å²) >= 11 is 0. The van der Waals surface area contributed by atoms with Crippen LogP contribution < -0.4 is 11.1 Å². The van der Waals surface area contributed by atoms with Crippen molar-refractivity contribution < 1.29 is 4.79 Å². The third-order valence-electron chi connectivity index (χ3n) is 3.67. The minimum absolute atomic E-state index is 0.0960. The number of nitrogens with two attached hydrogens (primary N) is 1. The molecule has 1 amide bonds. The zero-order valence-corrected chi connectivity index (χ0v) is 9.25. The smallest absolute Gasteiger partial charge is 0.228 e. The van der Waals surface area contributed by atoms with Crippen molar-refractivity contribution in [1.29, 1.82) is 0 Å². The molecule has 3 N–H and O–H groups in total. The van der Waals surface area contributed by atoms with E-state index in [0.717, 1.165) is 31.4 Å². The number of hydrogen-bond donors (Lipinski definition) is 2. The van der Waals surface area contributed by atoms with Gasteiger partial charge in [-0.3, -0.25) is 4.79 Å². The highest BCUT2D eigenvalue weighted by Gasteiger charge is 2.37. The maximum absolute atomic E-state index is 11.3.